The van der Waals surface area contributed by atoms with Gasteiger partial charge in [-0.3, -0.25) is 0 Å². The summed E-state index contributed by atoms with van der Waals surface area (Å²) in [4.78, 5) is 1.04. The number of sulfonamides is 1. The van der Waals surface area contributed by atoms with E-state index in [1.165, 1.54) is 11.3 Å². The molecule has 0 aliphatic heterocycles. The molecular weight excluding hydrogens is 313 g/mol. The first-order valence-electron chi connectivity index (χ1n) is 5.67. The molecule has 0 bridgehead atoms. The van der Waals surface area contributed by atoms with E-state index in [0.29, 0.717) is 10.6 Å². The average Bonchev–Trinajstić information content (AvgIpc) is 2.85. The van der Waals surface area contributed by atoms with E-state index in [9.17, 15) is 8.42 Å². The maximum Gasteiger partial charge on any atom is 0.250 e. The molecule has 3 nitrogen and oxygen atoms in total. The molecule has 0 spiro atoms. The van der Waals surface area contributed by atoms with Gasteiger partial charge in [0.05, 0.1) is 5.54 Å². The van der Waals surface area contributed by atoms with Crippen molar-refractivity contribution in [2.24, 2.45) is 0 Å². The Balaban J connectivity index is 3.00. The first-order chi connectivity index (χ1) is 8.43. The zero-order valence-corrected chi connectivity index (χ0v) is 13.5. The normalized spacial score (nSPS) is 12.9. The van der Waals surface area contributed by atoms with Crippen molar-refractivity contribution >= 4 is 44.6 Å². The lowest BCUT2D eigenvalue weighted by molar-refractivity contribution is 0.450. The number of hydrogen-bond donors (Lipinski definition) is 1. The summed E-state index contributed by atoms with van der Waals surface area (Å²) >= 11 is 13.0. The zero-order valence-electron chi connectivity index (χ0n) is 10.4. The van der Waals surface area contributed by atoms with Gasteiger partial charge < -0.3 is 0 Å². The third-order valence-corrected chi connectivity index (χ3v) is 7.11. The number of hydrogen-bond acceptors (Lipinski definition) is 3. The van der Waals surface area contributed by atoms with Crippen molar-refractivity contribution in [2.75, 3.05) is 11.8 Å². The molecule has 1 rings (SSSR count). The van der Waals surface area contributed by atoms with Crippen LogP contribution in [-0.2, 0) is 16.4 Å². The second-order valence-electron chi connectivity index (χ2n) is 4.08. The van der Waals surface area contributed by atoms with Gasteiger partial charge in [0.25, 0.3) is 10.0 Å². The summed E-state index contributed by atoms with van der Waals surface area (Å²) in [6.45, 7) is 3.85. The molecule has 0 aromatic carbocycles. The van der Waals surface area contributed by atoms with Crippen molar-refractivity contribution in [1.82, 2.24) is 4.72 Å². The number of halogens is 2. The van der Waals surface area contributed by atoms with Gasteiger partial charge in [-0.15, -0.1) is 34.5 Å². The highest BCUT2D eigenvalue weighted by molar-refractivity contribution is 7.91. The number of thiophene rings is 1. The molecule has 0 unspecified atom stereocenters. The minimum atomic E-state index is -3.54. The molecule has 1 aromatic rings. The van der Waals surface area contributed by atoms with E-state index in [4.69, 9.17) is 23.2 Å². The van der Waals surface area contributed by atoms with Gasteiger partial charge in [0.2, 0.25) is 0 Å². The molecule has 0 aliphatic rings. The molecule has 7 heteroatoms. The van der Waals surface area contributed by atoms with Gasteiger partial charge in [0, 0.05) is 16.6 Å². The molecule has 0 amide bonds. The fraction of sp³-hybridized carbons (Fsp3) is 0.636. The Morgan fingerprint density at radius 3 is 2.28 bits per heavy atom. The second kappa shape index (κ2) is 6.57. The Bertz CT molecular complexity index is 473. The van der Waals surface area contributed by atoms with Gasteiger partial charge in [-0.05, 0) is 25.0 Å². The average molecular weight is 330 g/mol. The van der Waals surface area contributed by atoms with Crippen molar-refractivity contribution < 1.29 is 8.42 Å². The Morgan fingerprint density at radius 2 is 1.89 bits per heavy atom. The van der Waals surface area contributed by atoms with E-state index in [-0.39, 0.29) is 11.8 Å². The summed E-state index contributed by atoms with van der Waals surface area (Å²) < 4.78 is 27.4. The molecular formula is C11H17Cl2NO2S2. The van der Waals surface area contributed by atoms with Crippen LogP contribution in [0.4, 0.5) is 0 Å². The number of rotatable bonds is 7. The van der Waals surface area contributed by atoms with E-state index in [2.05, 4.69) is 4.72 Å². The summed E-state index contributed by atoms with van der Waals surface area (Å²) in [7, 11) is -3.54. The molecule has 1 aromatic heterocycles. The molecule has 0 fully saturated rings. The summed E-state index contributed by atoms with van der Waals surface area (Å²) in [5.41, 5.74) is -0.779. The first-order valence-corrected chi connectivity index (χ1v) is 9.04. The zero-order chi connectivity index (χ0) is 13.8. The molecule has 1 N–H and O–H groups in total. The number of nitrogens with one attached hydrogen (secondary N) is 1. The SMILES string of the molecule is CCc1ccc(S(=O)(=O)NC(CC)(CCl)CCl)s1. The maximum absolute atomic E-state index is 12.2. The Labute approximate surface area is 123 Å². The lowest BCUT2D eigenvalue weighted by Gasteiger charge is -2.28. The molecule has 104 valence electrons. The fourth-order valence-electron chi connectivity index (χ4n) is 1.38. The summed E-state index contributed by atoms with van der Waals surface area (Å²) in [6.07, 6.45) is 1.37. The largest absolute Gasteiger partial charge is 0.250 e. The monoisotopic (exact) mass is 329 g/mol. The molecule has 1 heterocycles. The van der Waals surface area contributed by atoms with Gasteiger partial charge in [-0.2, -0.15) is 0 Å². The van der Waals surface area contributed by atoms with E-state index in [1.807, 2.05) is 19.9 Å². The van der Waals surface area contributed by atoms with Crippen LogP contribution < -0.4 is 4.72 Å². The van der Waals surface area contributed by atoms with Crippen LogP contribution in [0, 0.1) is 0 Å². The predicted octanol–water partition coefficient (Wildman–Crippen LogP) is 3.22. The highest BCUT2D eigenvalue weighted by Crippen LogP contribution is 2.25. The highest BCUT2D eigenvalue weighted by Gasteiger charge is 2.32. The van der Waals surface area contributed by atoms with E-state index < -0.39 is 15.6 Å². The summed E-state index contributed by atoms with van der Waals surface area (Å²) in [6, 6.07) is 3.45. The van der Waals surface area contributed by atoms with Crippen LogP contribution in [0.1, 0.15) is 25.1 Å². The summed E-state index contributed by atoms with van der Waals surface area (Å²) in [5, 5.41) is 0. The van der Waals surface area contributed by atoms with Crippen molar-refractivity contribution in [1.29, 1.82) is 0 Å². The van der Waals surface area contributed by atoms with Crippen LogP contribution in [0.15, 0.2) is 16.3 Å². The molecule has 0 saturated carbocycles. The van der Waals surface area contributed by atoms with Gasteiger partial charge in [-0.25, -0.2) is 13.1 Å². The molecule has 0 saturated heterocycles. The molecule has 0 radical (unpaired) electrons. The third kappa shape index (κ3) is 3.61. The van der Waals surface area contributed by atoms with Crippen LogP contribution in [-0.4, -0.2) is 25.7 Å². The van der Waals surface area contributed by atoms with Crippen LogP contribution in [0.2, 0.25) is 0 Å². The van der Waals surface area contributed by atoms with Crippen LogP contribution in [0.3, 0.4) is 0 Å². The standard InChI is InChI=1S/C11H17Cl2NO2S2/c1-3-9-5-6-10(17-9)18(15,16)14-11(4-2,7-12)8-13/h5-6,14H,3-4,7-8H2,1-2H3. The van der Waals surface area contributed by atoms with Crippen molar-refractivity contribution in [3.05, 3.63) is 17.0 Å². The topological polar surface area (TPSA) is 46.2 Å². The third-order valence-electron chi connectivity index (χ3n) is 2.79. The fourth-order valence-corrected chi connectivity index (χ4v) is 5.10. The van der Waals surface area contributed by atoms with Gasteiger partial charge in [-0.1, -0.05) is 13.8 Å². The second-order valence-corrected chi connectivity index (χ2v) is 7.69. The van der Waals surface area contributed by atoms with Crippen molar-refractivity contribution in [3.63, 3.8) is 0 Å². The van der Waals surface area contributed by atoms with Gasteiger partial charge >= 0.3 is 0 Å². The molecule has 0 aliphatic carbocycles. The van der Waals surface area contributed by atoms with Gasteiger partial charge in [0.1, 0.15) is 4.21 Å². The minimum Gasteiger partial charge on any atom is -0.206 e. The Kier molecular flexibility index (Phi) is 5.93. The van der Waals surface area contributed by atoms with E-state index in [1.54, 1.807) is 6.07 Å². The Hall–Kier alpha value is 0.190. The first kappa shape index (κ1) is 16.2. The van der Waals surface area contributed by atoms with Crippen LogP contribution in [0.5, 0.6) is 0 Å². The van der Waals surface area contributed by atoms with Crippen molar-refractivity contribution in [2.45, 2.75) is 36.4 Å². The summed E-state index contributed by atoms with van der Waals surface area (Å²) in [5.74, 6) is 0.302. The lowest BCUT2D eigenvalue weighted by Crippen LogP contribution is -2.51. The lowest BCUT2D eigenvalue weighted by atomic mass is 10.0. The van der Waals surface area contributed by atoms with E-state index in [0.717, 1.165) is 11.3 Å². The number of aryl methyl sites for hydroxylation is 1. The molecule has 18 heavy (non-hydrogen) atoms. The van der Waals surface area contributed by atoms with Crippen LogP contribution in [0.25, 0.3) is 0 Å². The van der Waals surface area contributed by atoms with Crippen molar-refractivity contribution in [3.8, 4) is 0 Å². The molecule has 0 atom stereocenters. The van der Waals surface area contributed by atoms with E-state index >= 15 is 0 Å². The van der Waals surface area contributed by atoms with Crippen LogP contribution >= 0.6 is 34.5 Å². The highest BCUT2D eigenvalue weighted by atomic mass is 35.5. The minimum absolute atomic E-state index is 0.151. The quantitative estimate of drug-likeness (QED) is 0.780. The maximum atomic E-state index is 12.2. The number of alkyl halides is 2. The smallest absolute Gasteiger partial charge is 0.206 e. The predicted molar refractivity (Wildman–Crippen MR) is 78.5 cm³/mol. The van der Waals surface area contributed by atoms with Gasteiger partial charge in [0.15, 0.2) is 0 Å². The Morgan fingerprint density at radius 1 is 1.28 bits per heavy atom.